The Kier molecular flexibility index (Phi) is 11.4. The van der Waals surface area contributed by atoms with Gasteiger partial charge in [-0.15, -0.1) is 24.0 Å². The van der Waals surface area contributed by atoms with Crippen LogP contribution in [0.4, 0.5) is 4.39 Å². The van der Waals surface area contributed by atoms with Gasteiger partial charge in [-0.2, -0.15) is 0 Å². The molecule has 0 saturated heterocycles. The van der Waals surface area contributed by atoms with E-state index < -0.39 is 0 Å². The van der Waals surface area contributed by atoms with Crippen LogP contribution in [-0.2, 0) is 12.8 Å². The van der Waals surface area contributed by atoms with Gasteiger partial charge in [0.25, 0.3) is 5.91 Å². The van der Waals surface area contributed by atoms with Crippen molar-refractivity contribution < 1.29 is 9.18 Å². The number of benzene rings is 2. The van der Waals surface area contributed by atoms with Crippen LogP contribution in [0.15, 0.2) is 47.5 Å². The van der Waals surface area contributed by atoms with Gasteiger partial charge < -0.3 is 15.5 Å². The molecule has 0 fully saturated rings. The number of carbonyl (C=O) groups is 1. The summed E-state index contributed by atoms with van der Waals surface area (Å²) in [4.78, 5) is 18.3. The molecule has 0 aliphatic rings. The monoisotopic (exact) mass is 526 g/mol. The SMILES string of the molecule is CCNC(=NCCc1ccc(F)cc1C)NCCc1cccc(C(=O)N(C)C)c1.I. The summed E-state index contributed by atoms with van der Waals surface area (Å²) in [6, 6.07) is 12.6. The molecule has 0 radical (unpaired) electrons. The van der Waals surface area contributed by atoms with E-state index in [1.54, 1.807) is 25.1 Å². The van der Waals surface area contributed by atoms with Crippen molar-refractivity contribution in [2.75, 3.05) is 33.7 Å². The number of halogens is 2. The third-order valence-electron chi connectivity index (χ3n) is 4.59. The molecule has 5 nitrogen and oxygen atoms in total. The van der Waals surface area contributed by atoms with Crippen molar-refractivity contribution in [2.45, 2.75) is 26.7 Å². The third kappa shape index (κ3) is 8.30. The van der Waals surface area contributed by atoms with E-state index in [-0.39, 0.29) is 35.7 Å². The van der Waals surface area contributed by atoms with Gasteiger partial charge in [0.1, 0.15) is 5.82 Å². The van der Waals surface area contributed by atoms with E-state index in [9.17, 15) is 9.18 Å². The Labute approximate surface area is 196 Å². The fourth-order valence-corrected chi connectivity index (χ4v) is 3.01. The zero-order chi connectivity index (χ0) is 21.2. The minimum Gasteiger partial charge on any atom is -0.357 e. The standard InChI is InChI=1S/C23H31FN4O.HI/c1-5-25-23(27-14-12-19-9-10-21(24)15-17(19)2)26-13-11-18-7-6-8-20(16-18)22(29)28(3)4;/h6-10,15-16H,5,11-14H2,1-4H3,(H2,25,26,27);1H. The van der Waals surface area contributed by atoms with Crippen molar-refractivity contribution in [3.05, 3.63) is 70.5 Å². The number of aliphatic imine (C=N–C) groups is 1. The lowest BCUT2D eigenvalue weighted by atomic mass is 10.1. The van der Waals surface area contributed by atoms with Crippen molar-refractivity contribution in [3.8, 4) is 0 Å². The lowest BCUT2D eigenvalue weighted by Gasteiger charge is -2.13. The Hall–Kier alpha value is -2.16. The largest absolute Gasteiger partial charge is 0.357 e. The van der Waals surface area contributed by atoms with Gasteiger partial charge in [0, 0.05) is 39.3 Å². The van der Waals surface area contributed by atoms with E-state index in [0.29, 0.717) is 18.7 Å². The number of guanidine groups is 1. The minimum absolute atomic E-state index is 0. The van der Waals surface area contributed by atoms with Gasteiger partial charge in [-0.05, 0) is 67.6 Å². The summed E-state index contributed by atoms with van der Waals surface area (Å²) in [5.74, 6) is 0.555. The van der Waals surface area contributed by atoms with Gasteiger partial charge >= 0.3 is 0 Å². The molecular formula is C23H32FIN4O. The van der Waals surface area contributed by atoms with Crippen LogP contribution in [0, 0.1) is 12.7 Å². The smallest absolute Gasteiger partial charge is 0.253 e. The molecule has 1 amide bonds. The molecule has 0 aliphatic heterocycles. The first-order valence-corrected chi connectivity index (χ1v) is 9.98. The highest BCUT2D eigenvalue weighted by Crippen LogP contribution is 2.11. The molecule has 30 heavy (non-hydrogen) atoms. The number of rotatable bonds is 8. The number of hydrogen-bond donors (Lipinski definition) is 2. The second kappa shape index (κ2) is 13.2. The number of amides is 1. The van der Waals surface area contributed by atoms with Crippen LogP contribution in [0.2, 0.25) is 0 Å². The summed E-state index contributed by atoms with van der Waals surface area (Å²) in [5.41, 5.74) is 3.85. The second-order valence-corrected chi connectivity index (χ2v) is 7.16. The highest BCUT2D eigenvalue weighted by Gasteiger charge is 2.08. The van der Waals surface area contributed by atoms with E-state index in [4.69, 9.17) is 0 Å². The van der Waals surface area contributed by atoms with Gasteiger partial charge in [-0.1, -0.05) is 18.2 Å². The molecule has 0 saturated carbocycles. The Morgan fingerprint density at radius 2 is 1.87 bits per heavy atom. The van der Waals surface area contributed by atoms with Crippen molar-refractivity contribution in [1.82, 2.24) is 15.5 Å². The summed E-state index contributed by atoms with van der Waals surface area (Å²) < 4.78 is 13.2. The predicted octanol–water partition coefficient (Wildman–Crippen LogP) is 3.79. The second-order valence-electron chi connectivity index (χ2n) is 7.16. The Morgan fingerprint density at radius 3 is 2.53 bits per heavy atom. The fraction of sp³-hybridized carbons (Fsp3) is 0.391. The van der Waals surface area contributed by atoms with Crippen molar-refractivity contribution >= 4 is 35.8 Å². The molecule has 2 aromatic rings. The highest BCUT2D eigenvalue weighted by molar-refractivity contribution is 14.0. The Bertz CT molecular complexity index is 855. The first-order chi connectivity index (χ1) is 13.9. The van der Waals surface area contributed by atoms with Crippen molar-refractivity contribution in [3.63, 3.8) is 0 Å². The van der Waals surface area contributed by atoms with Crippen LogP contribution in [0.5, 0.6) is 0 Å². The van der Waals surface area contributed by atoms with Crippen LogP contribution in [0.3, 0.4) is 0 Å². The average molecular weight is 526 g/mol. The van der Waals surface area contributed by atoms with E-state index >= 15 is 0 Å². The highest BCUT2D eigenvalue weighted by atomic mass is 127. The molecule has 0 spiro atoms. The molecule has 164 valence electrons. The van der Waals surface area contributed by atoms with E-state index in [2.05, 4.69) is 15.6 Å². The summed E-state index contributed by atoms with van der Waals surface area (Å²) >= 11 is 0. The first kappa shape index (κ1) is 25.9. The van der Waals surface area contributed by atoms with Crippen LogP contribution in [0.25, 0.3) is 0 Å². The Balaban J connectivity index is 0.00000450. The Morgan fingerprint density at radius 1 is 1.10 bits per heavy atom. The molecule has 0 aromatic heterocycles. The average Bonchev–Trinajstić information content (AvgIpc) is 2.69. The molecule has 0 unspecified atom stereocenters. The number of carbonyl (C=O) groups excluding carboxylic acids is 1. The maximum absolute atomic E-state index is 13.2. The normalized spacial score (nSPS) is 10.9. The summed E-state index contributed by atoms with van der Waals surface area (Å²) in [5, 5.41) is 6.58. The van der Waals surface area contributed by atoms with E-state index in [0.717, 1.165) is 42.0 Å². The van der Waals surface area contributed by atoms with Crippen LogP contribution < -0.4 is 10.6 Å². The zero-order valence-corrected chi connectivity index (χ0v) is 20.5. The molecular weight excluding hydrogens is 494 g/mol. The topological polar surface area (TPSA) is 56.7 Å². The number of aryl methyl sites for hydroxylation is 1. The van der Waals surface area contributed by atoms with E-state index in [1.807, 2.05) is 44.2 Å². The maximum atomic E-state index is 13.2. The molecule has 0 bridgehead atoms. The first-order valence-electron chi connectivity index (χ1n) is 9.98. The molecule has 0 atom stereocenters. The quantitative estimate of drug-likeness (QED) is 0.313. The lowest BCUT2D eigenvalue weighted by molar-refractivity contribution is 0.0827. The lowest BCUT2D eigenvalue weighted by Crippen LogP contribution is -2.38. The molecule has 0 aliphatic carbocycles. The molecule has 2 N–H and O–H groups in total. The molecule has 2 aromatic carbocycles. The fourth-order valence-electron chi connectivity index (χ4n) is 3.01. The summed E-state index contributed by atoms with van der Waals surface area (Å²) in [6.45, 7) is 6.04. The number of nitrogens with one attached hydrogen (secondary N) is 2. The van der Waals surface area contributed by atoms with Crippen LogP contribution in [-0.4, -0.2) is 50.5 Å². The van der Waals surface area contributed by atoms with Gasteiger partial charge in [0.05, 0.1) is 0 Å². The summed E-state index contributed by atoms with van der Waals surface area (Å²) in [7, 11) is 3.51. The number of nitrogens with zero attached hydrogens (tertiary/aromatic N) is 2. The van der Waals surface area contributed by atoms with Gasteiger partial charge in [0.2, 0.25) is 0 Å². The third-order valence-corrected chi connectivity index (χ3v) is 4.59. The predicted molar refractivity (Wildman–Crippen MR) is 132 cm³/mol. The molecule has 0 heterocycles. The molecule has 7 heteroatoms. The minimum atomic E-state index is -0.207. The zero-order valence-electron chi connectivity index (χ0n) is 18.2. The number of hydrogen-bond acceptors (Lipinski definition) is 2. The van der Waals surface area contributed by atoms with E-state index in [1.165, 1.54) is 6.07 Å². The van der Waals surface area contributed by atoms with Crippen molar-refractivity contribution in [2.24, 2.45) is 4.99 Å². The van der Waals surface area contributed by atoms with Crippen LogP contribution in [0.1, 0.15) is 34.0 Å². The van der Waals surface area contributed by atoms with Gasteiger partial charge in [-0.25, -0.2) is 4.39 Å². The van der Waals surface area contributed by atoms with Crippen molar-refractivity contribution in [1.29, 1.82) is 0 Å². The summed E-state index contributed by atoms with van der Waals surface area (Å²) in [6.07, 6.45) is 1.55. The molecule has 2 rings (SSSR count). The maximum Gasteiger partial charge on any atom is 0.253 e. The van der Waals surface area contributed by atoms with Crippen LogP contribution >= 0.6 is 24.0 Å². The van der Waals surface area contributed by atoms with Gasteiger partial charge in [-0.3, -0.25) is 9.79 Å². The van der Waals surface area contributed by atoms with Gasteiger partial charge in [0.15, 0.2) is 5.96 Å².